The number of nitrogens with two attached hydrogens (primary N) is 2. The van der Waals surface area contributed by atoms with Gasteiger partial charge in [-0.2, -0.15) is 0 Å². The second-order valence-corrected chi connectivity index (χ2v) is 3.94. The predicted octanol–water partition coefficient (Wildman–Crippen LogP) is -0.445. The molecule has 0 aromatic heterocycles. The van der Waals surface area contributed by atoms with Crippen molar-refractivity contribution in [2.45, 2.75) is 38.0 Å². The molecule has 0 aromatic rings. The summed E-state index contributed by atoms with van der Waals surface area (Å²) < 4.78 is 0. The van der Waals surface area contributed by atoms with Crippen LogP contribution in [0.15, 0.2) is 0 Å². The average Bonchev–Trinajstić information content (AvgIpc) is 2.15. The van der Waals surface area contributed by atoms with Gasteiger partial charge < -0.3 is 16.8 Å². The fourth-order valence-electron chi connectivity index (χ4n) is 1.96. The molecule has 1 aliphatic carbocycles. The maximum absolute atomic E-state index is 5.42. The van der Waals surface area contributed by atoms with Gasteiger partial charge in [0, 0.05) is 12.6 Å². The summed E-state index contributed by atoms with van der Waals surface area (Å²) in [4.78, 5) is 0. The van der Waals surface area contributed by atoms with E-state index in [1.807, 2.05) is 7.05 Å². The molecule has 0 bridgehead atoms. The van der Waals surface area contributed by atoms with Crippen LogP contribution in [-0.2, 0) is 0 Å². The summed E-state index contributed by atoms with van der Waals surface area (Å²) in [5.41, 5.74) is 10.8. The Morgan fingerprint density at radius 1 is 1.23 bits per heavy atom. The monoisotopic (exact) mass is 186 g/mol. The van der Waals surface area contributed by atoms with Gasteiger partial charge in [0.1, 0.15) is 6.29 Å². The molecule has 0 atom stereocenters. The quantitative estimate of drug-likeness (QED) is 0.449. The largest absolute Gasteiger partial charge is 0.317 e. The van der Waals surface area contributed by atoms with Crippen molar-refractivity contribution in [2.24, 2.45) is 17.4 Å². The molecule has 0 saturated heterocycles. The minimum absolute atomic E-state index is 0.359. The highest BCUT2D eigenvalue weighted by atomic mass is 15.1. The van der Waals surface area contributed by atoms with Gasteiger partial charge in [-0.3, -0.25) is 5.32 Å². The van der Waals surface area contributed by atoms with Gasteiger partial charge in [-0.25, -0.2) is 0 Å². The average molecular weight is 186 g/mol. The Kier molecular flexibility index (Phi) is 4.66. The van der Waals surface area contributed by atoms with Gasteiger partial charge in [-0.1, -0.05) is 0 Å². The van der Waals surface area contributed by atoms with Crippen molar-refractivity contribution in [2.75, 3.05) is 13.6 Å². The molecule has 1 aliphatic rings. The van der Waals surface area contributed by atoms with Gasteiger partial charge in [0.15, 0.2) is 0 Å². The molecule has 0 heterocycles. The predicted molar refractivity (Wildman–Crippen MR) is 55.0 cm³/mol. The molecule has 1 rings (SSSR count). The van der Waals surface area contributed by atoms with Crippen LogP contribution in [-0.4, -0.2) is 25.9 Å². The summed E-state index contributed by atoms with van der Waals surface area (Å²) >= 11 is 0. The number of hydrogen-bond donors (Lipinski definition) is 4. The molecule has 0 aromatic carbocycles. The van der Waals surface area contributed by atoms with Crippen LogP contribution in [0.25, 0.3) is 0 Å². The molecule has 0 amide bonds. The molecule has 4 nitrogen and oxygen atoms in total. The third-order valence-corrected chi connectivity index (χ3v) is 2.90. The summed E-state index contributed by atoms with van der Waals surface area (Å²) in [7, 11) is 2.04. The zero-order valence-electron chi connectivity index (χ0n) is 8.42. The Morgan fingerprint density at radius 3 is 2.31 bits per heavy atom. The third-order valence-electron chi connectivity index (χ3n) is 2.90. The molecule has 0 aliphatic heterocycles. The van der Waals surface area contributed by atoms with Crippen molar-refractivity contribution in [3.8, 4) is 0 Å². The minimum atomic E-state index is -0.359. The van der Waals surface area contributed by atoms with E-state index in [2.05, 4.69) is 10.6 Å². The van der Waals surface area contributed by atoms with E-state index >= 15 is 0 Å². The topological polar surface area (TPSA) is 76.1 Å². The number of hydrogen-bond acceptors (Lipinski definition) is 4. The van der Waals surface area contributed by atoms with Crippen LogP contribution in [0.4, 0.5) is 0 Å². The second-order valence-electron chi connectivity index (χ2n) is 3.94. The van der Waals surface area contributed by atoms with Gasteiger partial charge in [0.25, 0.3) is 0 Å². The van der Waals surface area contributed by atoms with Gasteiger partial charge in [0.2, 0.25) is 0 Å². The Hall–Kier alpha value is -0.160. The fourth-order valence-corrected chi connectivity index (χ4v) is 1.96. The van der Waals surface area contributed by atoms with E-state index in [4.69, 9.17) is 11.5 Å². The molecule has 6 N–H and O–H groups in total. The van der Waals surface area contributed by atoms with Crippen molar-refractivity contribution in [3.05, 3.63) is 0 Å². The molecule has 1 fully saturated rings. The maximum Gasteiger partial charge on any atom is 0.106 e. The van der Waals surface area contributed by atoms with Crippen LogP contribution in [0, 0.1) is 5.92 Å². The molecule has 1 saturated carbocycles. The van der Waals surface area contributed by atoms with E-state index in [9.17, 15) is 0 Å². The molecule has 4 heteroatoms. The van der Waals surface area contributed by atoms with Crippen LogP contribution in [0.3, 0.4) is 0 Å². The lowest BCUT2D eigenvalue weighted by molar-refractivity contribution is 0.285. The van der Waals surface area contributed by atoms with Crippen molar-refractivity contribution >= 4 is 0 Å². The van der Waals surface area contributed by atoms with Crippen LogP contribution >= 0.6 is 0 Å². The number of nitrogens with one attached hydrogen (secondary N) is 2. The Balaban J connectivity index is 2.10. The van der Waals surface area contributed by atoms with E-state index in [1.54, 1.807) is 0 Å². The van der Waals surface area contributed by atoms with E-state index in [1.165, 1.54) is 25.7 Å². The lowest BCUT2D eigenvalue weighted by Gasteiger charge is -2.28. The highest BCUT2D eigenvalue weighted by Gasteiger charge is 2.19. The Labute approximate surface area is 80.4 Å². The lowest BCUT2D eigenvalue weighted by atomic mass is 9.86. The molecular formula is C9H22N4. The molecule has 13 heavy (non-hydrogen) atoms. The van der Waals surface area contributed by atoms with Crippen LogP contribution in [0.1, 0.15) is 25.7 Å². The summed E-state index contributed by atoms with van der Waals surface area (Å²) in [5.74, 6) is 0.763. The standard InChI is InChI=1S/C9H22N4/c1-12-8-4-2-7(3-5-8)6-13-9(10)11/h7-9,12-13H,2-6,10-11H2,1H3. The van der Waals surface area contributed by atoms with Crippen molar-refractivity contribution in [1.82, 2.24) is 10.6 Å². The Morgan fingerprint density at radius 2 is 1.85 bits per heavy atom. The molecule has 0 spiro atoms. The lowest BCUT2D eigenvalue weighted by Crippen LogP contribution is -2.47. The molecular weight excluding hydrogens is 164 g/mol. The van der Waals surface area contributed by atoms with Crippen LogP contribution in [0.5, 0.6) is 0 Å². The van der Waals surface area contributed by atoms with Crippen molar-refractivity contribution < 1.29 is 0 Å². The Bertz CT molecular complexity index is 130. The van der Waals surface area contributed by atoms with Crippen LogP contribution < -0.4 is 22.1 Å². The first-order valence-electron chi connectivity index (χ1n) is 5.14. The summed E-state index contributed by atoms with van der Waals surface area (Å²) in [6, 6.07) is 0.725. The van der Waals surface area contributed by atoms with Crippen molar-refractivity contribution in [1.29, 1.82) is 0 Å². The first kappa shape index (κ1) is 10.9. The first-order valence-corrected chi connectivity index (χ1v) is 5.14. The maximum atomic E-state index is 5.42. The summed E-state index contributed by atoms with van der Waals surface area (Å²) in [6.45, 7) is 0.966. The molecule has 78 valence electrons. The van der Waals surface area contributed by atoms with Gasteiger partial charge in [-0.15, -0.1) is 0 Å². The highest BCUT2D eigenvalue weighted by Crippen LogP contribution is 2.23. The summed E-state index contributed by atoms with van der Waals surface area (Å²) in [6.07, 6.45) is 4.77. The van der Waals surface area contributed by atoms with E-state index < -0.39 is 0 Å². The van der Waals surface area contributed by atoms with Crippen molar-refractivity contribution in [3.63, 3.8) is 0 Å². The SMILES string of the molecule is CNC1CCC(CNC(N)N)CC1. The van der Waals surface area contributed by atoms with E-state index in [0.29, 0.717) is 0 Å². The number of rotatable bonds is 4. The van der Waals surface area contributed by atoms with Gasteiger partial charge in [-0.05, 0) is 38.6 Å². The molecule has 0 unspecified atom stereocenters. The first-order chi connectivity index (χ1) is 6.22. The zero-order valence-corrected chi connectivity index (χ0v) is 8.42. The van der Waals surface area contributed by atoms with Gasteiger partial charge in [0.05, 0.1) is 0 Å². The summed E-state index contributed by atoms with van der Waals surface area (Å²) in [5, 5.41) is 6.40. The highest BCUT2D eigenvalue weighted by molar-refractivity contribution is 4.77. The van der Waals surface area contributed by atoms with Gasteiger partial charge >= 0.3 is 0 Å². The second kappa shape index (κ2) is 5.54. The smallest absolute Gasteiger partial charge is 0.106 e. The van der Waals surface area contributed by atoms with E-state index in [-0.39, 0.29) is 6.29 Å². The normalized spacial score (nSPS) is 29.5. The fraction of sp³-hybridized carbons (Fsp3) is 1.00. The zero-order chi connectivity index (χ0) is 9.68. The minimum Gasteiger partial charge on any atom is -0.317 e. The third kappa shape index (κ3) is 4.04. The molecule has 0 radical (unpaired) electrons. The van der Waals surface area contributed by atoms with Crippen LogP contribution in [0.2, 0.25) is 0 Å². The van der Waals surface area contributed by atoms with E-state index in [0.717, 1.165) is 18.5 Å².